The summed E-state index contributed by atoms with van der Waals surface area (Å²) in [4.78, 5) is 15.2. The molecule has 5 nitrogen and oxygen atoms in total. The lowest BCUT2D eigenvalue weighted by molar-refractivity contribution is 0.172. The van der Waals surface area contributed by atoms with Crippen LogP contribution in [-0.4, -0.2) is 18.2 Å². The molecule has 0 amide bonds. The van der Waals surface area contributed by atoms with E-state index in [0.29, 0.717) is 53.6 Å². The summed E-state index contributed by atoms with van der Waals surface area (Å²) >= 11 is 0. The summed E-state index contributed by atoms with van der Waals surface area (Å²) in [6.45, 7) is 3.01. The molecule has 0 atom stereocenters. The lowest BCUT2D eigenvalue weighted by Gasteiger charge is -2.19. The van der Waals surface area contributed by atoms with Gasteiger partial charge in [0.1, 0.15) is 19.0 Å². The van der Waals surface area contributed by atoms with Crippen LogP contribution in [0.5, 0.6) is 11.5 Å². The van der Waals surface area contributed by atoms with Gasteiger partial charge in [0.15, 0.2) is 11.5 Å². The highest BCUT2D eigenvalue weighted by molar-refractivity contribution is 5.83. The molecule has 128 valence electrons. The predicted octanol–water partition coefficient (Wildman–Crippen LogP) is 3.36. The quantitative estimate of drug-likeness (QED) is 0.767. The molecule has 0 saturated carbocycles. The molecule has 1 aliphatic rings. The number of aromatic amines is 1. The van der Waals surface area contributed by atoms with Gasteiger partial charge in [0, 0.05) is 29.2 Å². The third-order valence-electron chi connectivity index (χ3n) is 4.24. The van der Waals surface area contributed by atoms with Crippen LogP contribution in [0.15, 0.2) is 41.2 Å². The first-order valence-electron chi connectivity index (χ1n) is 8.06. The number of benzene rings is 2. The van der Waals surface area contributed by atoms with E-state index in [1.165, 1.54) is 6.07 Å². The number of aryl methyl sites for hydroxylation is 1. The zero-order chi connectivity index (χ0) is 17.4. The second kappa shape index (κ2) is 6.12. The number of rotatable bonds is 3. The Hall–Kier alpha value is -3.02. The molecule has 0 bridgehead atoms. The van der Waals surface area contributed by atoms with Gasteiger partial charge in [-0.3, -0.25) is 4.79 Å². The number of anilines is 1. The molecule has 2 N–H and O–H groups in total. The number of hydrogen-bond acceptors (Lipinski definition) is 4. The number of aromatic nitrogens is 1. The van der Waals surface area contributed by atoms with Gasteiger partial charge in [0.2, 0.25) is 0 Å². The molecule has 0 saturated heterocycles. The normalized spacial score (nSPS) is 13.0. The van der Waals surface area contributed by atoms with Gasteiger partial charge in [-0.25, -0.2) is 4.39 Å². The average molecular weight is 340 g/mol. The molecule has 4 rings (SSSR count). The zero-order valence-electron chi connectivity index (χ0n) is 13.7. The summed E-state index contributed by atoms with van der Waals surface area (Å²) < 4.78 is 24.7. The number of pyridine rings is 1. The van der Waals surface area contributed by atoms with Crippen molar-refractivity contribution < 1.29 is 13.9 Å². The standard InChI is InChI=1S/C19H17FN2O3/c1-11-2-3-14(8-15(11)20)21-10-13-6-12-7-17-18(25-5-4-24-17)9-16(12)22-19(13)23/h2-3,6-9,21H,4-5,10H2,1H3,(H,22,23). The van der Waals surface area contributed by atoms with Gasteiger partial charge in [-0.2, -0.15) is 0 Å². The van der Waals surface area contributed by atoms with E-state index in [9.17, 15) is 9.18 Å². The van der Waals surface area contributed by atoms with E-state index in [2.05, 4.69) is 10.3 Å². The summed E-state index contributed by atoms with van der Waals surface area (Å²) in [5, 5.41) is 3.94. The monoisotopic (exact) mass is 340 g/mol. The molecule has 6 heteroatoms. The molecule has 25 heavy (non-hydrogen) atoms. The fourth-order valence-corrected chi connectivity index (χ4v) is 2.82. The van der Waals surface area contributed by atoms with Crippen molar-refractivity contribution in [1.82, 2.24) is 4.98 Å². The zero-order valence-corrected chi connectivity index (χ0v) is 13.7. The van der Waals surface area contributed by atoms with Crippen LogP contribution in [0.4, 0.5) is 10.1 Å². The number of ether oxygens (including phenoxy) is 2. The summed E-state index contributed by atoms with van der Waals surface area (Å²) in [7, 11) is 0. The van der Waals surface area contributed by atoms with Gasteiger partial charge < -0.3 is 19.8 Å². The SMILES string of the molecule is Cc1ccc(NCc2cc3cc4c(cc3[nH]c2=O)OCCO4)cc1F. The molecule has 3 aromatic rings. The second-order valence-corrected chi connectivity index (χ2v) is 6.02. The third kappa shape index (κ3) is 3.03. The van der Waals surface area contributed by atoms with Crippen LogP contribution in [0.25, 0.3) is 10.9 Å². The fourth-order valence-electron chi connectivity index (χ4n) is 2.82. The van der Waals surface area contributed by atoms with Crippen LogP contribution < -0.4 is 20.3 Å². The highest BCUT2D eigenvalue weighted by Crippen LogP contribution is 2.33. The Labute approximate surface area is 143 Å². The lowest BCUT2D eigenvalue weighted by Crippen LogP contribution is -2.17. The Morgan fingerprint density at radius 1 is 1.12 bits per heavy atom. The van der Waals surface area contributed by atoms with Crippen LogP contribution in [0, 0.1) is 12.7 Å². The molecule has 0 aliphatic carbocycles. The molecule has 1 aromatic heterocycles. The molecular formula is C19H17FN2O3. The van der Waals surface area contributed by atoms with Crippen LogP contribution in [0.2, 0.25) is 0 Å². The van der Waals surface area contributed by atoms with Crippen LogP contribution in [0.3, 0.4) is 0 Å². The summed E-state index contributed by atoms with van der Waals surface area (Å²) in [5.74, 6) is 1.03. The minimum atomic E-state index is -0.277. The van der Waals surface area contributed by atoms with Crippen molar-refractivity contribution in [3.8, 4) is 11.5 Å². The minimum Gasteiger partial charge on any atom is -0.486 e. The van der Waals surface area contributed by atoms with Crippen molar-refractivity contribution in [3.05, 3.63) is 63.7 Å². The van der Waals surface area contributed by atoms with Gasteiger partial charge in [0.05, 0.1) is 5.52 Å². The Balaban J connectivity index is 1.63. The van der Waals surface area contributed by atoms with Crippen molar-refractivity contribution in [3.63, 3.8) is 0 Å². The topological polar surface area (TPSA) is 63.4 Å². The van der Waals surface area contributed by atoms with E-state index in [-0.39, 0.29) is 11.4 Å². The van der Waals surface area contributed by atoms with Crippen LogP contribution >= 0.6 is 0 Å². The average Bonchev–Trinajstić information content (AvgIpc) is 2.61. The number of H-pyrrole nitrogens is 1. The Bertz CT molecular complexity index is 1010. The smallest absolute Gasteiger partial charge is 0.253 e. The van der Waals surface area contributed by atoms with Crippen molar-refractivity contribution >= 4 is 16.6 Å². The van der Waals surface area contributed by atoms with E-state index in [1.807, 2.05) is 12.1 Å². The highest BCUT2D eigenvalue weighted by Gasteiger charge is 2.14. The second-order valence-electron chi connectivity index (χ2n) is 6.02. The maximum absolute atomic E-state index is 13.6. The van der Waals surface area contributed by atoms with E-state index < -0.39 is 0 Å². The molecule has 0 radical (unpaired) electrons. The minimum absolute atomic E-state index is 0.190. The van der Waals surface area contributed by atoms with Crippen molar-refractivity contribution in [2.75, 3.05) is 18.5 Å². The lowest BCUT2D eigenvalue weighted by atomic mass is 10.1. The molecule has 0 fully saturated rings. The molecule has 0 unspecified atom stereocenters. The van der Waals surface area contributed by atoms with Gasteiger partial charge in [0.25, 0.3) is 5.56 Å². The summed E-state index contributed by atoms with van der Waals surface area (Å²) in [6.07, 6.45) is 0. The van der Waals surface area contributed by atoms with Crippen LogP contribution in [0.1, 0.15) is 11.1 Å². The van der Waals surface area contributed by atoms with Gasteiger partial charge in [-0.15, -0.1) is 0 Å². The molecule has 1 aliphatic heterocycles. The Morgan fingerprint density at radius 2 is 1.88 bits per heavy atom. The first-order chi connectivity index (χ1) is 12.1. The van der Waals surface area contributed by atoms with Crippen LogP contribution in [-0.2, 0) is 6.54 Å². The van der Waals surface area contributed by atoms with Gasteiger partial charge in [-0.05, 0) is 36.8 Å². The molecule has 2 heterocycles. The van der Waals surface area contributed by atoms with E-state index in [4.69, 9.17) is 9.47 Å². The van der Waals surface area contributed by atoms with Crippen molar-refractivity contribution in [2.24, 2.45) is 0 Å². The highest BCUT2D eigenvalue weighted by atomic mass is 19.1. The largest absolute Gasteiger partial charge is 0.486 e. The fraction of sp³-hybridized carbons (Fsp3) is 0.211. The predicted molar refractivity (Wildman–Crippen MR) is 94.0 cm³/mol. The molecular weight excluding hydrogens is 323 g/mol. The third-order valence-corrected chi connectivity index (χ3v) is 4.24. The maximum Gasteiger partial charge on any atom is 0.253 e. The summed E-state index contributed by atoms with van der Waals surface area (Å²) in [5.41, 5.74) is 2.28. The van der Waals surface area contributed by atoms with Gasteiger partial charge in [-0.1, -0.05) is 6.07 Å². The Kier molecular flexibility index (Phi) is 3.80. The Morgan fingerprint density at radius 3 is 2.64 bits per heavy atom. The van der Waals surface area contributed by atoms with E-state index >= 15 is 0 Å². The van der Waals surface area contributed by atoms with E-state index in [0.717, 1.165) is 5.39 Å². The van der Waals surface area contributed by atoms with E-state index in [1.54, 1.807) is 25.1 Å². The molecule has 2 aromatic carbocycles. The first-order valence-corrected chi connectivity index (χ1v) is 8.06. The molecule has 0 spiro atoms. The number of nitrogens with one attached hydrogen (secondary N) is 2. The number of halogens is 1. The van der Waals surface area contributed by atoms with Gasteiger partial charge >= 0.3 is 0 Å². The first kappa shape index (κ1) is 15.5. The van der Waals surface area contributed by atoms with Crippen molar-refractivity contribution in [2.45, 2.75) is 13.5 Å². The van der Waals surface area contributed by atoms with Crippen molar-refractivity contribution in [1.29, 1.82) is 0 Å². The number of fused-ring (bicyclic) bond motifs is 2. The maximum atomic E-state index is 13.6. The number of hydrogen-bond donors (Lipinski definition) is 2. The summed E-state index contributed by atoms with van der Waals surface area (Å²) in [6, 6.07) is 10.4.